The van der Waals surface area contributed by atoms with E-state index < -0.39 is 35.8 Å². The maximum absolute atomic E-state index is 13.0. The molecule has 152 valence electrons. The number of primary amides is 1. The fraction of sp³-hybridized carbons (Fsp3) is 0.600. The molecule has 3 atom stereocenters. The molecule has 0 spiro atoms. The van der Waals surface area contributed by atoms with E-state index in [1.165, 1.54) is 4.90 Å². The second kappa shape index (κ2) is 8.10. The summed E-state index contributed by atoms with van der Waals surface area (Å²) in [6.45, 7) is 0.330. The highest BCUT2D eigenvalue weighted by Crippen LogP contribution is 2.18. The largest absolute Gasteiger partial charge is 0.368 e. The second-order valence-electron chi connectivity index (χ2n) is 6.74. The van der Waals surface area contributed by atoms with Crippen LogP contribution in [0.5, 0.6) is 0 Å². The number of nitrogens with one attached hydrogen (secondary N) is 4. The van der Waals surface area contributed by atoms with E-state index in [4.69, 9.17) is 11.5 Å². The first-order valence-electron chi connectivity index (χ1n) is 8.96. The summed E-state index contributed by atoms with van der Waals surface area (Å²) in [5, 5.41) is 14.3. The van der Waals surface area contributed by atoms with Crippen LogP contribution in [-0.4, -0.2) is 74.9 Å². The molecule has 3 rings (SSSR count). The second-order valence-corrected chi connectivity index (χ2v) is 6.74. The Balaban J connectivity index is 1.71. The van der Waals surface area contributed by atoms with Crippen LogP contribution in [0.4, 0.5) is 11.9 Å². The van der Waals surface area contributed by atoms with Crippen molar-refractivity contribution in [2.45, 2.75) is 43.8 Å². The normalized spacial score (nSPS) is 22.6. The molecule has 0 radical (unpaired) electrons. The maximum atomic E-state index is 13.0. The van der Waals surface area contributed by atoms with E-state index in [1.807, 2.05) is 0 Å². The molecule has 13 nitrogen and oxygen atoms in total. The zero-order valence-electron chi connectivity index (χ0n) is 15.1. The van der Waals surface area contributed by atoms with E-state index in [0.29, 0.717) is 25.8 Å². The van der Waals surface area contributed by atoms with E-state index in [-0.39, 0.29) is 30.8 Å². The summed E-state index contributed by atoms with van der Waals surface area (Å²) in [6.07, 6.45) is 1.72. The van der Waals surface area contributed by atoms with Crippen molar-refractivity contribution in [3.8, 4) is 0 Å². The van der Waals surface area contributed by atoms with E-state index in [1.54, 1.807) is 0 Å². The highest BCUT2D eigenvalue weighted by molar-refractivity contribution is 5.95. The first-order chi connectivity index (χ1) is 13.3. The van der Waals surface area contributed by atoms with Crippen molar-refractivity contribution in [2.24, 2.45) is 5.73 Å². The van der Waals surface area contributed by atoms with E-state index >= 15 is 0 Å². The number of aromatic amines is 1. The van der Waals surface area contributed by atoms with Crippen molar-refractivity contribution in [3.63, 3.8) is 0 Å². The van der Waals surface area contributed by atoms with Crippen LogP contribution in [0.2, 0.25) is 0 Å². The number of aromatic nitrogens is 3. The van der Waals surface area contributed by atoms with Crippen molar-refractivity contribution >= 4 is 35.5 Å². The molecule has 2 saturated heterocycles. The number of nitrogens with zero attached hydrogens (tertiary/aromatic N) is 3. The quantitative estimate of drug-likeness (QED) is 0.282. The van der Waals surface area contributed by atoms with Gasteiger partial charge in [-0.1, -0.05) is 0 Å². The Labute approximate surface area is 160 Å². The summed E-state index contributed by atoms with van der Waals surface area (Å²) in [5.74, 6) is -1.48. The lowest BCUT2D eigenvalue weighted by atomic mass is 10.1. The van der Waals surface area contributed by atoms with Gasteiger partial charge in [-0.3, -0.25) is 19.2 Å². The minimum atomic E-state index is -1.01. The number of carbonyl (C=O) groups is 4. The number of amides is 4. The molecule has 28 heavy (non-hydrogen) atoms. The number of hydrogen-bond donors (Lipinski definition) is 6. The Morgan fingerprint density at radius 3 is 2.71 bits per heavy atom. The standard InChI is InChI=1S/C15H23N9O4/c16-11(26)9-2-1-5-24(9)13(28)8(6-18-15-21-14(17)22-23-15)20-12(27)7-3-4-10(25)19-7/h7-9H,1-6H2,(H2,16,26)(H,19,25)(H,20,27)(H4,17,18,21,22,23)/t7-,8?,9-/m0/s1. The smallest absolute Gasteiger partial charge is 0.247 e. The molecule has 13 heteroatoms. The first-order valence-corrected chi connectivity index (χ1v) is 8.96. The zero-order valence-corrected chi connectivity index (χ0v) is 15.1. The van der Waals surface area contributed by atoms with Crippen molar-refractivity contribution in [1.82, 2.24) is 30.7 Å². The molecular weight excluding hydrogens is 370 g/mol. The third-order valence-electron chi connectivity index (χ3n) is 4.76. The summed E-state index contributed by atoms with van der Waals surface area (Å²) < 4.78 is 0. The van der Waals surface area contributed by atoms with Gasteiger partial charge in [0.25, 0.3) is 0 Å². The van der Waals surface area contributed by atoms with E-state index in [9.17, 15) is 19.2 Å². The molecule has 2 aliphatic heterocycles. The number of anilines is 2. The average Bonchev–Trinajstić information content (AvgIpc) is 3.38. The van der Waals surface area contributed by atoms with Gasteiger partial charge >= 0.3 is 0 Å². The summed E-state index contributed by atoms with van der Waals surface area (Å²) in [6, 6.07) is -2.42. The fourth-order valence-electron chi connectivity index (χ4n) is 3.36. The Morgan fingerprint density at radius 1 is 1.32 bits per heavy atom. The van der Waals surface area contributed by atoms with E-state index in [0.717, 1.165) is 0 Å². The van der Waals surface area contributed by atoms with Crippen molar-refractivity contribution in [2.75, 3.05) is 24.1 Å². The molecule has 2 fully saturated rings. The van der Waals surface area contributed by atoms with Crippen LogP contribution in [0.1, 0.15) is 25.7 Å². The van der Waals surface area contributed by atoms with Crippen molar-refractivity contribution < 1.29 is 19.2 Å². The number of H-pyrrole nitrogens is 1. The van der Waals surface area contributed by atoms with Crippen LogP contribution in [0.25, 0.3) is 0 Å². The Bertz CT molecular complexity index is 779. The van der Waals surface area contributed by atoms with Crippen LogP contribution in [0.3, 0.4) is 0 Å². The number of carbonyl (C=O) groups excluding carboxylic acids is 4. The van der Waals surface area contributed by atoms with Gasteiger partial charge in [0, 0.05) is 19.5 Å². The minimum absolute atomic E-state index is 0.0372. The molecule has 1 aromatic heterocycles. The van der Waals surface area contributed by atoms with Crippen LogP contribution < -0.4 is 27.4 Å². The lowest BCUT2D eigenvalue weighted by molar-refractivity contribution is -0.140. The van der Waals surface area contributed by atoms with Gasteiger partial charge < -0.3 is 32.3 Å². The monoisotopic (exact) mass is 393 g/mol. The van der Waals surface area contributed by atoms with Crippen molar-refractivity contribution in [1.29, 1.82) is 0 Å². The van der Waals surface area contributed by atoms with Gasteiger partial charge in [-0.25, -0.2) is 5.10 Å². The average molecular weight is 393 g/mol. The molecule has 4 amide bonds. The third-order valence-corrected chi connectivity index (χ3v) is 4.76. The van der Waals surface area contributed by atoms with E-state index in [2.05, 4.69) is 31.1 Å². The number of nitrogen functional groups attached to an aromatic ring is 1. The van der Waals surface area contributed by atoms with Gasteiger partial charge in [-0.15, -0.1) is 5.10 Å². The molecule has 3 heterocycles. The Morgan fingerprint density at radius 2 is 2.11 bits per heavy atom. The highest BCUT2D eigenvalue weighted by atomic mass is 16.2. The fourth-order valence-corrected chi connectivity index (χ4v) is 3.36. The minimum Gasteiger partial charge on any atom is -0.368 e. The van der Waals surface area contributed by atoms with Gasteiger partial charge in [0.1, 0.15) is 18.1 Å². The van der Waals surface area contributed by atoms with Crippen LogP contribution in [0, 0.1) is 0 Å². The SMILES string of the molecule is NC(=O)[C@@H]1CCCN1C(=O)C(CNc1n[nH]c(N)n1)NC(=O)[C@@H]1CCC(=O)N1. The molecule has 0 bridgehead atoms. The van der Waals surface area contributed by atoms with Crippen LogP contribution >= 0.6 is 0 Å². The van der Waals surface area contributed by atoms with Gasteiger partial charge in [0.2, 0.25) is 35.5 Å². The Kier molecular flexibility index (Phi) is 5.61. The first kappa shape index (κ1) is 19.4. The zero-order chi connectivity index (χ0) is 20.3. The van der Waals surface area contributed by atoms with Gasteiger partial charge in [-0.05, 0) is 19.3 Å². The van der Waals surface area contributed by atoms with Gasteiger partial charge in [0.15, 0.2) is 0 Å². The molecule has 8 N–H and O–H groups in total. The molecule has 0 saturated carbocycles. The highest BCUT2D eigenvalue weighted by Gasteiger charge is 2.38. The van der Waals surface area contributed by atoms with Gasteiger partial charge in [0.05, 0.1) is 0 Å². The van der Waals surface area contributed by atoms with Crippen LogP contribution in [-0.2, 0) is 19.2 Å². The Hall–Kier alpha value is -3.38. The molecular formula is C15H23N9O4. The summed E-state index contributed by atoms with van der Waals surface area (Å²) >= 11 is 0. The molecule has 0 aromatic carbocycles. The predicted molar refractivity (Wildman–Crippen MR) is 96.3 cm³/mol. The van der Waals surface area contributed by atoms with Crippen molar-refractivity contribution in [3.05, 3.63) is 0 Å². The lowest BCUT2D eigenvalue weighted by Crippen LogP contribution is -2.57. The summed E-state index contributed by atoms with van der Waals surface area (Å²) in [7, 11) is 0. The summed E-state index contributed by atoms with van der Waals surface area (Å²) in [4.78, 5) is 53.7. The topological polar surface area (TPSA) is 201 Å². The molecule has 1 aromatic rings. The molecule has 2 aliphatic rings. The molecule has 0 aliphatic carbocycles. The van der Waals surface area contributed by atoms with Crippen LogP contribution in [0.15, 0.2) is 0 Å². The molecule has 1 unspecified atom stereocenters. The number of likely N-dealkylation sites (tertiary alicyclic amines) is 1. The number of rotatable bonds is 7. The van der Waals surface area contributed by atoms with Gasteiger partial charge in [-0.2, -0.15) is 4.98 Å². The third kappa shape index (κ3) is 4.29. The maximum Gasteiger partial charge on any atom is 0.247 e. The predicted octanol–water partition coefficient (Wildman–Crippen LogP) is -2.96. The lowest BCUT2D eigenvalue weighted by Gasteiger charge is -2.28. The number of nitrogens with two attached hydrogens (primary N) is 2. The number of hydrogen-bond acceptors (Lipinski definition) is 8. The summed E-state index contributed by atoms with van der Waals surface area (Å²) in [5.41, 5.74) is 10.9.